The molecule has 1 aliphatic rings. The molecule has 0 spiro atoms. The molecule has 184 valence electrons. The summed E-state index contributed by atoms with van der Waals surface area (Å²) in [5, 5.41) is 9.39. The number of nitrogens with zero attached hydrogens (tertiary/aromatic N) is 2. The zero-order valence-electron chi connectivity index (χ0n) is 20.6. The van der Waals surface area contributed by atoms with Gasteiger partial charge in [-0.25, -0.2) is 0 Å². The fourth-order valence-electron chi connectivity index (χ4n) is 4.56. The Morgan fingerprint density at radius 1 is 0.806 bits per heavy atom. The van der Waals surface area contributed by atoms with Crippen molar-refractivity contribution in [2.24, 2.45) is 5.92 Å². The molecule has 3 aromatic carbocycles. The zero-order chi connectivity index (χ0) is 24.7. The van der Waals surface area contributed by atoms with Crippen molar-refractivity contribution in [2.45, 2.75) is 32.1 Å². The molecule has 5 heteroatoms. The molecule has 5 nitrogen and oxygen atoms in total. The lowest BCUT2D eigenvalue weighted by Gasteiger charge is -2.41. The highest BCUT2D eigenvalue weighted by atomic mass is 16.5. The number of anilines is 1. The van der Waals surface area contributed by atoms with Gasteiger partial charge in [-0.3, -0.25) is 0 Å². The molecule has 0 bridgehead atoms. The van der Waals surface area contributed by atoms with E-state index in [4.69, 9.17) is 14.5 Å². The van der Waals surface area contributed by atoms with Gasteiger partial charge in [-0.05, 0) is 53.6 Å². The van der Waals surface area contributed by atoms with E-state index < -0.39 is 0 Å². The van der Waals surface area contributed by atoms with E-state index in [1.54, 1.807) is 0 Å². The lowest BCUT2D eigenvalue weighted by molar-refractivity contribution is 0.142. The summed E-state index contributed by atoms with van der Waals surface area (Å²) in [5.74, 6) is 1.50. The Balaban J connectivity index is 1.39. The van der Waals surface area contributed by atoms with Crippen molar-refractivity contribution in [1.82, 2.24) is 4.98 Å². The quantitative estimate of drug-likeness (QED) is 0.297. The van der Waals surface area contributed by atoms with Gasteiger partial charge in [-0.15, -0.1) is 0 Å². The van der Waals surface area contributed by atoms with E-state index >= 15 is 0 Å². The van der Waals surface area contributed by atoms with Crippen LogP contribution in [0.2, 0.25) is 0 Å². The summed E-state index contributed by atoms with van der Waals surface area (Å²) in [6.07, 6.45) is 2.05. The summed E-state index contributed by atoms with van der Waals surface area (Å²) in [5.41, 5.74) is 5.29. The van der Waals surface area contributed by atoms with Crippen molar-refractivity contribution in [3.63, 3.8) is 0 Å². The third-order valence-corrected chi connectivity index (χ3v) is 6.86. The molecule has 5 rings (SSSR count). The van der Waals surface area contributed by atoms with Crippen LogP contribution in [0.4, 0.5) is 5.69 Å². The van der Waals surface area contributed by atoms with Crippen molar-refractivity contribution in [2.75, 3.05) is 18.6 Å². The van der Waals surface area contributed by atoms with E-state index in [0.29, 0.717) is 36.9 Å². The Bertz CT molecular complexity index is 1260. The summed E-state index contributed by atoms with van der Waals surface area (Å²) in [6, 6.07) is 33.0. The second-order valence-corrected chi connectivity index (χ2v) is 9.39. The van der Waals surface area contributed by atoms with Crippen LogP contribution in [0.3, 0.4) is 0 Å². The molecule has 0 saturated heterocycles. The largest absolute Gasteiger partial charge is 0.473 e. The first-order valence-corrected chi connectivity index (χ1v) is 12.5. The maximum atomic E-state index is 9.39. The second-order valence-electron chi connectivity index (χ2n) is 9.39. The first-order chi connectivity index (χ1) is 17.7. The molecule has 1 aromatic heterocycles. The Morgan fingerprint density at radius 3 is 2.14 bits per heavy atom. The van der Waals surface area contributed by atoms with Crippen molar-refractivity contribution in [3.8, 4) is 22.9 Å². The number of rotatable bonds is 10. The standard InChI is InChI=1S/C31H32N2O3/c1-33(28-17-25(18-28)20-34)27-14-8-13-26(19-27)29-15-16-30(35-21-23-9-4-2-5-10-23)32-31(29)36-22-24-11-6-3-7-12-24/h2-16,19,25,28,34H,17-18,20-22H2,1H3/t25-,28-. The number of pyridine rings is 1. The van der Waals surface area contributed by atoms with Crippen LogP contribution in [-0.2, 0) is 13.2 Å². The Labute approximate surface area is 213 Å². The highest BCUT2D eigenvalue weighted by Gasteiger charge is 2.31. The van der Waals surface area contributed by atoms with Gasteiger partial charge in [0.25, 0.3) is 0 Å². The lowest BCUT2D eigenvalue weighted by Crippen LogP contribution is -2.43. The van der Waals surface area contributed by atoms with E-state index in [-0.39, 0.29) is 6.61 Å². The summed E-state index contributed by atoms with van der Waals surface area (Å²) >= 11 is 0. The van der Waals surface area contributed by atoms with E-state index in [1.807, 2.05) is 72.8 Å². The minimum Gasteiger partial charge on any atom is -0.473 e. The number of aliphatic hydroxyl groups is 1. The summed E-state index contributed by atoms with van der Waals surface area (Å²) < 4.78 is 12.2. The summed E-state index contributed by atoms with van der Waals surface area (Å²) in [6.45, 7) is 1.14. The third kappa shape index (κ3) is 5.69. The van der Waals surface area contributed by atoms with Gasteiger partial charge in [0.1, 0.15) is 13.2 Å². The van der Waals surface area contributed by atoms with Crippen LogP contribution in [0.25, 0.3) is 11.1 Å². The lowest BCUT2D eigenvalue weighted by atomic mass is 9.80. The van der Waals surface area contributed by atoms with Gasteiger partial charge in [0.05, 0.1) is 0 Å². The molecule has 0 unspecified atom stereocenters. The van der Waals surface area contributed by atoms with Crippen molar-refractivity contribution in [1.29, 1.82) is 0 Å². The van der Waals surface area contributed by atoms with Gasteiger partial charge in [0.2, 0.25) is 11.8 Å². The van der Waals surface area contributed by atoms with Crippen LogP contribution in [0.1, 0.15) is 24.0 Å². The van der Waals surface area contributed by atoms with Crippen molar-refractivity contribution < 1.29 is 14.6 Å². The molecule has 0 radical (unpaired) electrons. The Hall–Kier alpha value is -3.83. The van der Waals surface area contributed by atoms with E-state index in [9.17, 15) is 5.11 Å². The molecule has 0 atom stereocenters. The third-order valence-electron chi connectivity index (χ3n) is 6.86. The molecule has 4 aromatic rings. The number of benzene rings is 3. The number of hydrogen-bond donors (Lipinski definition) is 1. The normalized spacial score (nSPS) is 16.7. The van der Waals surface area contributed by atoms with Crippen molar-refractivity contribution in [3.05, 3.63) is 108 Å². The summed E-state index contributed by atoms with van der Waals surface area (Å²) in [7, 11) is 2.13. The Kier molecular flexibility index (Phi) is 7.48. The Morgan fingerprint density at radius 2 is 1.47 bits per heavy atom. The molecule has 36 heavy (non-hydrogen) atoms. The molecule has 0 amide bonds. The zero-order valence-corrected chi connectivity index (χ0v) is 20.6. The second kappa shape index (κ2) is 11.3. The minimum atomic E-state index is 0.275. The smallest absolute Gasteiger partial charge is 0.225 e. The maximum Gasteiger partial charge on any atom is 0.225 e. The van der Waals surface area contributed by atoms with E-state index in [2.05, 4.69) is 36.2 Å². The predicted octanol–water partition coefficient (Wildman–Crippen LogP) is 6.11. The van der Waals surface area contributed by atoms with Crippen LogP contribution in [0.5, 0.6) is 11.8 Å². The average molecular weight is 481 g/mol. The number of aliphatic hydroxyl groups excluding tert-OH is 1. The monoisotopic (exact) mass is 480 g/mol. The van der Waals surface area contributed by atoms with Crippen LogP contribution in [0.15, 0.2) is 97.1 Å². The van der Waals surface area contributed by atoms with Gasteiger partial charge in [0, 0.05) is 37.0 Å². The van der Waals surface area contributed by atoms with Crippen LogP contribution in [0, 0.1) is 5.92 Å². The topological polar surface area (TPSA) is 54.8 Å². The highest BCUT2D eigenvalue weighted by molar-refractivity contribution is 5.73. The predicted molar refractivity (Wildman–Crippen MR) is 143 cm³/mol. The molecule has 1 heterocycles. The van der Waals surface area contributed by atoms with Crippen LogP contribution >= 0.6 is 0 Å². The fraction of sp³-hybridized carbons (Fsp3) is 0.258. The fourth-order valence-corrected chi connectivity index (χ4v) is 4.56. The summed E-state index contributed by atoms with van der Waals surface area (Å²) in [4.78, 5) is 7.06. The van der Waals surface area contributed by atoms with Crippen molar-refractivity contribution >= 4 is 5.69 Å². The van der Waals surface area contributed by atoms with Gasteiger partial charge in [-0.2, -0.15) is 4.98 Å². The number of ether oxygens (including phenoxy) is 2. The number of aromatic nitrogens is 1. The van der Waals surface area contributed by atoms with E-state index in [1.165, 1.54) is 0 Å². The van der Waals surface area contributed by atoms with Gasteiger partial charge < -0.3 is 19.5 Å². The molecule has 1 aliphatic carbocycles. The molecule has 1 saturated carbocycles. The molecule has 1 fully saturated rings. The van der Waals surface area contributed by atoms with Crippen LogP contribution in [-0.4, -0.2) is 29.8 Å². The first-order valence-electron chi connectivity index (χ1n) is 12.5. The minimum absolute atomic E-state index is 0.275. The maximum absolute atomic E-state index is 9.39. The van der Waals surface area contributed by atoms with Gasteiger partial charge >= 0.3 is 0 Å². The first kappa shape index (κ1) is 23.9. The van der Waals surface area contributed by atoms with Gasteiger partial charge in [-0.1, -0.05) is 72.8 Å². The highest BCUT2D eigenvalue weighted by Crippen LogP contribution is 2.37. The molecule has 1 N–H and O–H groups in total. The van der Waals surface area contributed by atoms with Crippen LogP contribution < -0.4 is 14.4 Å². The van der Waals surface area contributed by atoms with Gasteiger partial charge in [0.15, 0.2) is 0 Å². The average Bonchev–Trinajstić information content (AvgIpc) is 2.91. The molecular formula is C31H32N2O3. The van der Waals surface area contributed by atoms with E-state index in [0.717, 1.165) is 40.8 Å². The molecule has 0 aliphatic heterocycles. The molecular weight excluding hydrogens is 448 g/mol. The number of hydrogen-bond acceptors (Lipinski definition) is 5. The SMILES string of the molecule is CN(c1cccc(-c2ccc(OCc3ccccc3)nc2OCc2ccccc2)c1)[C@H]1C[C@H](CO)C1.